The van der Waals surface area contributed by atoms with Gasteiger partial charge in [0.15, 0.2) is 6.61 Å². The molecule has 16 nitrogen and oxygen atoms in total. The Morgan fingerprint density at radius 1 is 1.04 bits per heavy atom. The molecule has 4 heterocycles. The smallest absolute Gasteiger partial charge is 0.342 e. The van der Waals surface area contributed by atoms with Gasteiger partial charge in [-0.1, -0.05) is 41.4 Å². The minimum atomic E-state index is -0.821. The number of esters is 1. The maximum absolute atomic E-state index is 13.1. The van der Waals surface area contributed by atoms with Crippen molar-refractivity contribution in [3.05, 3.63) is 46.5 Å². The predicted molar refractivity (Wildman–Crippen MR) is 200 cm³/mol. The molecule has 0 aliphatic carbocycles. The number of unbranched alkanes of at least 4 members (excludes halogenated alkanes) is 1. The van der Waals surface area contributed by atoms with Crippen LogP contribution in [0, 0.1) is 0 Å². The van der Waals surface area contributed by atoms with E-state index in [9.17, 15) is 29.4 Å². The molecule has 18 heteroatoms. The monoisotopic (exact) mass is 793 g/mol. The Kier molecular flexibility index (Phi) is 15.7. The van der Waals surface area contributed by atoms with Gasteiger partial charge in [-0.2, -0.15) is 11.8 Å². The SMILES string of the molecule is C[C@@H]1C[C@@H]2O[C@@H]2\C=C/C=C/C(=N\OCC(=O)NCCOCCOCCNC(=O)CCCC[C@@H]2SC[C@@H]3NC(=O)N[C@@H]32)Cc2c(Cl)c(O)cc(O)c2C(=O)O1. The number of cyclic esters (lactones) is 1. The molecule has 6 N–H and O–H groups in total. The lowest BCUT2D eigenvalue weighted by atomic mass is 9.99. The number of fused-ring (bicyclic) bond motifs is 3. The maximum atomic E-state index is 13.1. The van der Waals surface area contributed by atoms with Crippen LogP contribution in [-0.2, 0) is 39.8 Å². The summed E-state index contributed by atoms with van der Waals surface area (Å²) in [5.74, 6) is -1.29. The van der Waals surface area contributed by atoms with Crippen LogP contribution in [-0.4, -0.2) is 127 Å². The quantitative estimate of drug-likeness (QED) is 0.0441. The largest absolute Gasteiger partial charge is 0.507 e. The number of ether oxygens (including phenoxy) is 4. The highest BCUT2D eigenvalue weighted by Gasteiger charge is 2.42. The molecule has 1 aromatic rings. The highest BCUT2D eigenvalue weighted by Crippen LogP contribution is 2.38. The number of thioether (sulfide) groups is 1. The van der Waals surface area contributed by atoms with E-state index in [1.807, 2.05) is 17.8 Å². The van der Waals surface area contributed by atoms with Crippen molar-refractivity contribution in [2.45, 2.75) is 81.1 Å². The van der Waals surface area contributed by atoms with Gasteiger partial charge in [-0.3, -0.25) is 9.59 Å². The number of allylic oxidation sites excluding steroid dienone is 3. The third-order valence-corrected chi connectivity index (χ3v) is 11.0. The number of benzene rings is 1. The molecule has 6 atom stereocenters. The van der Waals surface area contributed by atoms with E-state index in [1.165, 1.54) is 0 Å². The molecule has 0 radical (unpaired) electrons. The molecule has 296 valence electrons. The zero-order valence-electron chi connectivity index (χ0n) is 30.1. The van der Waals surface area contributed by atoms with Gasteiger partial charge in [0.25, 0.3) is 5.91 Å². The second-order valence-electron chi connectivity index (χ2n) is 13.2. The third kappa shape index (κ3) is 12.5. The van der Waals surface area contributed by atoms with E-state index in [0.29, 0.717) is 44.5 Å². The van der Waals surface area contributed by atoms with Crippen molar-refractivity contribution < 1.29 is 53.2 Å². The summed E-state index contributed by atoms with van der Waals surface area (Å²) in [6.45, 7) is 3.15. The summed E-state index contributed by atoms with van der Waals surface area (Å²) in [4.78, 5) is 54.3. The molecule has 4 aliphatic heterocycles. The molecule has 4 aliphatic rings. The minimum Gasteiger partial charge on any atom is -0.507 e. The van der Waals surface area contributed by atoms with Gasteiger partial charge < -0.3 is 55.3 Å². The predicted octanol–water partition coefficient (Wildman–Crippen LogP) is 2.49. The summed E-state index contributed by atoms with van der Waals surface area (Å²) < 4.78 is 22.1. The highest BCUT2D eigenvalue weighted by atomic mass is 35.5. The number of hydrogen-bond donors (Lipinski definition) is 6. The Morgan fingerprint density at radius 2 is 1.80 bits per heavy atom. The number of rotatable bonds is 17. The number of carbonyl (C=O) groups is 4. The van der Waals surface area contributed by atoms with Gasteiger partial charge in [0.1, 0.15) is 29.3 Å². The Morgan fingerprint density at radius 3 is 2.57 bits per heavy atom. The van der Waals surface area contributed by atoms with Crippen LogP contribution in [0.4, 0.5) is 4.79 Å². The number of hydrogen-bond acceptors (Lipinski definition) is 13. The maximum Gasteiger partial charge on any atom is 0.342 e. The van der Waals surface area contributed by atoms with E-state index < -0.39 is 36.1 Å². The Bertz CT molecular complexity index is 1590. The van der Waals surface area contributed by atoms with Crippen LogP contribution in [0.3, 0.4) is 0 Å². The van der Waals surface area contributed by atoms with E-state index in [2.05, 4.69) is 26.4 Å². The van der Waals surface area contributed by atoms with Gasteiger partial charge in [0.2, 0.25) is 5.91 Å². The van der Waals surface area contributed by atoms with E-state index in [0.717, 1.165) is 31.1 Å². The van der Waals surface area contributed by atoms with Gasteiger partial charge in [-0.25, -0.2) is 9.59 Å². The summed E-state index contributed by atoms with van der Waals surface area (Å²) in [6.07, 6.45) is 9.61. The van der Waals surface area contributed by atoms with Crippen molar-refractivity contribution in [2.24, 2.45) is 5.16 Å². The highest BCUT2D eigenvalue weighted by molar-refractivity contribution is 8.00. The van der Waals surface area contributed by atoms with E-state index in [-0.39, 0.29) is 77.7 Å². The molecule has 0 aromatic heterocycles. The van der Waals surface area contributed by atoms with Crippen molar-refractivity contribution in [3.8, 4) is 11.5 Å². The van der Waals surface area contributed by atoms with Crippen LogP contribution in [0.5, 0.6) is 11.5 Å². The molecule has 5 rings (SSSR count). The lowest BCUT2D eigenvalue weighted by molar-refractivity contribution is -0.126. The fourth-order valence-corrected chi connectivity index (χ4v) is 8.05. The number of halogens is 1. The number of urea groups is 1. The molecule has 0 bridgehead atoms. The molecular formula is C36H48ClN5O11S. The van der Waals surface area contributed by atoms with Crippen molar-refractivity contribution in [1.29, 1.82) is 0 Å². The summed E-state index contributed by atoms with van der Waals surface area (Å²) >= 11 is 8.24. The summed E-state index contributed by atoms with van der Waals surface area (Å²) in [5.41, 5.74) is 0.105. The molecular weight excluding hydrogens is 746 g/mol. The van der Waals surface area contributed by atoms with Gasteiger partial charge in [0, 0.05) is 49.4 Å². The summed E-state index contributed by atoms with van der Waals surface area (Å²) in [7, 11) is 0. The zero-order chi connectivity index (χ0) is 38.5. The average molecular weight is 794 g/mol. The fourth-order valence-electron chi connectivity index (χ4n) is 6.29. The zero-order valence-corrected chi connectivity index (χ0v) is 31.6. The van der Waals surface area contributed by atoms with Crippen LogP contribution < -0.4 is 21.3 Å². The van der Waals surface area contributed by atoms with E-state index >= 15 is 0 Å². The Labute approximate surface area is 322 Å². The average Bonchev–Trinajstić information content (AvgIpc) is 3.58. The second kappa shape index (κ2) is 20.6. The molecule has 54 heavy (non-hydrogen) atoms. The van der Waals surface area contributed by atoms with Crippen LogP contribution in [0.2, 0.25) is 5.02 Å². The van der Waals surface area contributed by atoms with Gasteiger partial charge in [-0.15, -0.1) is 0 Å². The second-order valence-corrected chi connectivity index (χ2v) is 14.9. The third-order valence-electron chi connectivity index (χ3n) is 9.05. The number of epoxide rings is 1. The van der Waals surface area contributed by atoms with Crippen LogP contribution in [0.25, 0.3) is 0 Å². The first kappa shape index (κ1) is 41.1. The number of aromatic hydroxyl groups is 2. The minimum absolute atomic E-state index is 0.0160. The van der Waals surface area contributed by atoms with Gasteiger partial charge in [-0.05, 0) is 31.4 Å². The molecule has 0 unspecified atom stereocenters. The number of phenolic OH excluding ortho intramolecular Hbond substituents is 2. The number of phenols is 2. The van der Waals surface area contributed by atoms with Crippen LogP contribution in [0.15, 0.2) is 35.5 Å². The molecule has 3 saturated heterocycles. The van der Waals surface area contributed by atoms with E-state index in [1.54, 1.807) is 25.2 Å². The number of nitrogens with one attached hydrogen (secondary N) is 4. The molecule has 3 fully saturated rings. The standard InChI is InChI=1S/C36H48ClN5O11S/c1-21-16-28-27(53-28)7-3-2-6-22(17-23-32(35(47)52-21)25(43)18-26(44)33(23)37)42-51-19-31(46)39-11-13-50-15-14-49-12-10-38-30(45)9-5-4-8-29-34-24(20-54-29)40-36(48)41-34/h2-3,6-7,18,21,24,27-29,34,43-44H,4-5,8-17,19-20H2,1H3,(H,38,45)(H,39,46)(H2,40,41,48)/b6-2+,7-3-,42-22+/t21-,24+,27-,28+,29+,34+/m1/s1. The van der Waals surface area contributed by atoms with Crippen molar-refractivity contribution >= 4 is 52.9 Å². The van der Waals surface area contributed by atoms with Crippen LogP contribution in [0.1, 0.15) is 54.9 Å². The number of oxime groups is 1. The first-order valence-electron chi connectivity index (χ1n) is 18.1. The van der Waals surface area contributed by atoms with Crippen molar-refractivity contribution in [2.75, 3.05) is 51.9 Å². The first-order chi connectivity index (χ1) is 26.1. The topological polar surface area (TPSA) is 219 Å². The van der Waals surface area contributed by atoms with Gasteiger partial charge >= 0.3 is 12.0 Å². The Balaban J connectivity index is 0.938. The van der Waals surface area contributed by atoms with Gasteiger partial charge in [0.05, 0.1) is 55.3 Å². The lowest BCUT2D eigenvalue weighted by Gasteiger charge is -2.17. The van der Waals surface area contributed by atoms with Crippen molar-refractivity contribution in [1.82, 2.24) is 21.3 Å². The van der Waals surface area contributed by atoms with E-state index in [4.69, 9.17) is 35.4 Å². The number of carbonyl (C=O) groups excluding carboxylic acids is 4. The lowest BCUT2D eigenvalue weighted by Crippen LogP contribution is -2.36. The summed E-state index contributed by atoms with van der Waals surface area (Å²) in [6, 6.07) is 1.28. The molecule has 1 aromatic carbocycles. The van der Waals surface area contributed by atoms with Crippen LogP contribution >= 0.6 is 23.4 Å². The number of nitrogens with zero attached hydrogens (tertiary/aromatic N) is 1. The molecule has 0 spiro atoms. The number of amides is 4. The normalized spacial score (nSPS) is 26.6. The fraction of sp³-hybridized carbons (Fsp3) is 0.583. The summed E-state index contributed by atoms with van der Waals surface area (Å²) in [5, 5.41) is 36.6. The Hall–Kier alpha value is -4.03. The molecule has 0 saturated carbocycles. The van der Waals surface area contributed by atoms with Crippen molar-refractivity contribution in [3.63, 3.8) is 0 Å². The first-order valence-corrected chi connectivity index (χ1v) is 19.5. The molecule has 4 amide bonds.